The van der Waals surface area contributed by atoms with Gasteiger partial charge in [0.2, 0.25) is 5.78 Å². The standard InChI is InChI=1S/C11H18O3Si/c1-5-14-11(13)7-6-10(12)8-9-15(2,3)4/h5-7H2,1-4H3. The van der Waals surface area contributed by atoms with Crippen LogP contribution in [0.3, 0.4) is 0 Å². The second-order valence-electron chi connectivity index (χ2n) is 4.23. The van der Waals surface area contributed by atoms with Crippen LogP contribution < -0.4 is 0 Å². The molecule has 0 aliphatic carbocycles. The summed E-state index contributed by atoms with van der Waals surface area (Å²) < 4.78 is 4.71. The molecule has 0 saturated carbocycles. The van der Waals surface area contributed by atoms with Crippen LogP contribution in [-0.2, 0) is 14.3 Å². The second kappa shape index (κ2) is 6.41. The third kappa shape index (κ3) is 9.23. The van der Waals surface area contributed by atoms with Crippen molar-refractivity contribution in [2.45, 2.75) is 39.4 Å². The lowest BCUT2D eigenvalue weighted by Crippen LogP contribution is -2.17. The fourth-order valence-corrected chi connectivity index (χ4v) is 1.28. The number of hydrogen-bond acceptors (Lipinski definition) is 3. The van der Waals surface area contributed by atoms with Crippen molar-refractivity contribution in [3.8, 4) is 11.5 Å². The van der Waals surface area contributed by atoms with Crippen molar-refractivity contribution < 1.29 is 14.3 Å². The summed E-state index contributed by atoms with van der Waals surface area (Å²) in [6, 6.07) is 0. The zero-order chi connectivity index (χ0) is 11.9. The molecule has 0 aromatic heterocycles. The van der Waals surface area contributed by atoms with E-state index in [9.17, 15) is 9.59 Å². The Balaban J connectivity index is 3.94. The summed E-state index contributed by atoms with van der Waals surface area (Å²) in [5.41, 5.74) is 2.96. The average molecular weight is 226 g/mol. The van der Waals surface area contributed by atoms with E-state index >= 15 is 0 Å². The van der Waals surface area contributed by atoms with Crippen molar-refractivity contribution in [3.05, 3.63) is 0 Å². The molecule has 4 heteroatoms. The van der Waals surface area contributed by atoms with Gasteiger partial charge in [-0.3, -0.25) is 9.59 Å². The van der Waals surface area contributed by atoms with Gasteiger partial charge in [0.1, 0.15) is 8.07 Å². The predicted octanol–water partition coefficient (Wildman–Crippen LogP) is 1.78. The Morgan fingerprint density at radius 2 is 1.80 bits per heavy atom. The third-order valence-corrected chi connectivity index (χ3v) is 2.31. The number of hydrogen-bond donors (Lipinski definition) is 0. The largest absolute Gasteiger partial charge is 0.466 e. The lowest BCUT2D eigenvalue weighted by atomic mass is 10.2. The molecule has 0 saturated heterocycles. The van der Waals surface area contributed by atoms with Crippen molar-refractivity contribution in [2.75, 3.05) is 6.61 Å². The number of ether oxygens (including phenoxy) is 1. The van der Waals surface area contributed by atoms with Crippen molar-refractivity contribution >= 4 is 19.8 Å². The van der Waals surface area contributed by atoms with Gasteiger partial charge in [-0.2, -0.15) is 0 Å². The minimum Gasteiger partial charge on any atom is -0.466 e. The zero-order valence-corrected chi connectivity index (χ0v) is 10.8. The van der Waals surface area contributed by atoms with Crippen LogP contribution in [-0.4, -0.2) is 26.4 Å². The van der Waals surface area contributed by atoms with Gasteiger partial charge >= 0.3 is 5.97 Å². The van der Waals surface area contributed by atoms with Gasteiger partial charge in [-0.1, -0.05) is 19.6 Å². The minimum atomic E-state index is -1.49. The maximum Gasteiger partial charge on any atom is 0.306 e. The number of carbonyl (C=O) groups is 2. The van der Waals surface area contributed by atoms with Crippen LogP contribution in [0.5, 0.6) is 0 Å². The van der Waals surface area contributed by atoms with Crippen molar-refractivity contribution in [2.24, 2.45) is 0 Å². The molecule has 0 amide bonds. The molecule has 0 fully saturated rings. The first-order valence-electron chi connectivity index (χ1n) is 5.07. The third-order valence-electron chi connectivity index (χ3n) is 1.44. The predicted molar refractivity (Wildman–Crippen MR) is 62.0 cm³/mol. The van der Waals surface area contributed by atoms with Crippen LogP contribution in [0, 0.1) is 11.5 Å². The SMILES string of the molecule is CCOC(=O)CCC(=O)C#C[Si](C)(C)C. The van der Waals surface area contributed by atoms with Crippen LogP contribution in [0.2, 0.25) is 19.6 Å². The molecule has 0 aliphatic heterocycles. The summed E-state index contributed by atoms with van der Waals surface area (Å²) in [6.07, 6.45) is 0.295. The van der Waals surface area contributed by atoms with Gasteiger partial charge in [0.05, 0.1) is 13.0 Å². The number of esters is 1. The Morgan fingerprint density at radius 1 is 1.20 bits per heavy atom. The van der Waals surface area contributed by atoms with Gasteiger partial charge in [0, 0.05) is 6.42 Å². The molecule has 0 heterocycles. The quantitative estimate of drug-likeness (QED) is 0.417. The molecule has 0 N–H and O–H groups in total. The van der Waals surface area contributed by atoms with Crippen molar-refractivity contribution in [1.82, 2.24) is 0 Å². The van der Waals surface area contributed by atoms with E-state index in [4.69, 9.17) is 4.74 Å². The number of ketones is 1. The van der Waals surface area contributed by atoms with Gasteiger partial charge in [0.15, 0.2) is 0 Å². The summed E-state index contributed by atoms with van der Waals surface area (Å²) in [7, 11) is -1.49. The summed E-state index contributed by atoms with van der Waals surface area (Å²) >= 11 is 0. The van der Waals surface area contributed by atoms with Crippen LogP contribution in [0.4, 0.5) is 0 Å². The first kappa shape index (κ1) is 13.9. The first-order valence-corrected chi connectivity index (χ1v) is 8.57. The van der Waals surface area contributed by atoms with Crippen molar-refractivity contribution in [3.63, 3.8) is 0 Å². The molecule has 0 rings (SSSR count). The van der Waals surface area contributed by atoms with Gasteiger partial charge in [0.25, 0.3) is 0 Å². The summed E-state index contributed by atoms with van der Waals surface area (Å²) in [6.45, 7) is 8.30. The fourth-order valence-electron chi connectivity index (χ4n) is 0.768. The summed E-state index contributed by atoms with van der Waals surface area (Å²) in [5, 5.41) is 0. The van der Waals surface area contributed by atoms with E-state index in [0.717, 1.165) is 0 Å². The Hall–Kier alpha value is -1.08. The maximum atomic E-state index is 11.2. The molecule has 0 bridgehead atoms. The smallest absolute Gasteiger partial charge is 0.306 e. The molecule has 84 valence electrons. The molecule has 0 spiro atoms. The second-order valence-corrected chi connectivity index (χ2v) is 8.98. The molecule has 0 unspecified atom stereocenters. The molecule has 0 aromatic carbocycles. The molecule has 3 nitrogen and oxygen atoms in total. The fraction of sp³-hybridized carbons (Fsp3) is 0.636. The molecule has 0 aromatic rings. The van der Waals surface area contributed by atoms with E-state index < -0.39 is 8.07 Å². The Morgan fingerprint density at radius 3 is 2.27 bits per heavy atom. The molecule has 15 heavy (non-hydrogen) atoms. The Labute approximate surface area is 92.2 Å². The van der Waals surface area contributed by atoms with Crippen LogP contribution in [0.1, 0.15) is 19.8 Å². The van der Waals surface area contributed by atoms with Gasteiger partial charge in [-0.15, -0.1) is 5.54 Å². The highest BCUT2D eigenvalue weighted by Gasteiger charge is 2.09. The van der Waals surface area contributed by atoms with Gasteiger partial charge < -0.3 is 4.74 Å². The average Bonchev–Trinajstić information content (AvgIpc) is 2.11. The van der Waals surface area contributed by atoms with Crippen LogP contribution >= 0.6 is 0 Å². The van der Waals surface area contributed by atoms with Crippen LogP contribution in [0.25, 0.3) is 0 Å². The zero-order valence-electron chi connectivity index (χ0n) is 9.85. The van der Waals surface area contributed by atoms with E-state index in [1.54, 1.807) is 6.92 Å². The number of Topliss-reactive ketones (excluding diaryl/α,β-unsaturated/α-hetero) is 1. The first-order chi connectivity index (χ1) is 6.85. The molecule has 0 atom stereocenters. The normalized spacial score (nSPS) is 10.1. The minimum absolute atomic E-state index is 0.132. The highest BCUT2D eigenvalue weighted by atomic mass is 28.3. The summed E-state index contributed by atoms with van der Waals surface area (Å²) in [5.74, 6) is 2.08. The maximum absolute atomic E-state index is 11.2. The van der Waals surface area contributed by atoms with E-state index in [1.165, 1.54) is 0 Å². The van der Waals surface area contributed by atoms with E-state index in [0.29, 0.717) is 6.61 Å². The Kier molecular flexibility index (Phi) is 5.95. The van der Waals surface area contributed by atoms with E-state index in [-0.39, 0.29) is 24.6 Å². The van der Waals surface area contributed by atoms with Gasteiger partial charge in [-0.25, -0.2) is 0 Å². The lowest BCUT2D eigenvalue weighted by Gasteiger charge is -2.03. The molecule has 0 radical (unpaired) electrons. The monoisotopic (exact) mass is 226 g/mol. The highest BCUT2D eigenvalue weighted by molar-refractivity contribution is 6.84. The lowest BCUT2D eigenvalue weighted by molar-refractivity contribution is -0.144. The van der Waals surface area contributed by atoms with E-state index in [2.05, 4.69) is 31.1 Å². The Bertz CT molecular complexity index is 291. The number of carbonyl (C=O) groups excluding carboxylic acids is 2. The van der Waals surface area contributed by atoms with E-state index in [1.807, 2.05) is 0 Å². The molecular weight excluding hydrogens is 208 g/mol. The number of rotatable bonds is 4. The topological polar surface area (TPSA) is 43.4 Å². The highest BCUT2D eigenvalue weighted by Crippen LogP contribution is 1.98. The summed E-state index contributed by atoms with van der Waals surface area (Å²) in [4.78, 5) is 22.2. The van der Waals surface area contributed by atoms with Gasteiger partial charge in [-0.05, 0) is 12.8 Å². The van der Waals surface area contributed by atoms with Crippen molar-refractivity contribution in [1.29, 1.82) is 0 Å². The molecule has 0 aliphatic rings. The molecular formula is C11H18O3Si. The van der Waals surface area contributed by atoms with Crippen LogP contribution in [0.15, 0.2) is 0 Å².